The molecule has 1 aromatic carbocycles. The summed E-state index contributed by atoms with van der Waals surface area (Å²) >= 11 is 0. The maximum atomic E-state index is 12.3. The number of benzene rings is 1. The zero-order valence-corrected chi connectivity index (χ0v) is 18.7. The quantitative estimate of drug-likeness (QED) is 0.468. The molecule has 2 aromatic rings. The Labute approximate surface area is 185 Å². The van der Waals surface area contributed by atoms with E-state index in [0.717, 1.165) is 5.56 Å². The summed E-state index contributed by atoms with van der Waals surface area (Å²) in [6.07, 6.45) is 1.12. The van der Waals surface area contributed by atoms with Crippen LogP contribution in [0.4, 0.5) is 0 Å². The zero-order valence-electron chi connectivity index (χ0n) is 18.7. The lowest BCUT2D eigenvalue weighted by Gasteiger charge is -2.25. The first-order valence-corrected chi connectivity index (χ1v) is 9.65. The Morgan fingerprint density at radius 2 is 1.59 bits per heavy atom. The number of aromatic amines is 1. The van der Waals surface area contributed by atoms with Gasteiger partial charge < -0.3 is 25.4 Å². The van der Waals surface area contributed by atoms with E-state index in [1.165, 1.54) is 5.56 Å². The number of nitrogens with one attached hydrogen (secondary N) is 2. The second-order valence-electron chi connectivity index (χ2n) is 7.23. The largest absolute Gasteiger partial charge is 0.478 e. The summed E-state index contributed by atoms with van der Waals surface area (Å²) in [5.74, 6) is -2.97. The fourth-order valence-electron chi connectivity index (χ4n) is 2.58. The van der Waals surface area contributed by atoms with E-state index in [-0.39, 0.29) is 11.7 Å². The van der Waals surface area contributed by atoms with Gasteiger partial charge in [0.1, 0.15) is 0 Å². The molecule has 0 aliphatic heterocycles. The van der Waals surface area contributed by atoms with Crippen LogP contribution in [-0.2, 0) is 9.59 Å². The van der Waals surface area contributed by atoms with E-state index in [0.29, 0.717) is 30.1 Å². The van der Waals surface area contributed by atoms with Crippen LogP contribution in [0.2, 0.25) is 0 Å². The molecule has 0 radical (unpaired) electrons. The highest BCUT2D eigenvalue weighted by Crippen LogP contribution is 2.18. The molecule has 4 N–H and O–H groups in total. The molecule has 172 valence electrons. The van der Waals surface area contributed by atoms with Gasteiger partial charge in [-0.3, -0.25) is 9.59 Å². The van der Waals surface area contributed by atoms with Gasteiger partial charge >= 0.3 is 11.9 Å². The van der Waals surface area contributed by atoms with Crippen LogP contribution < -0.4 is 10.9 Å². The Balaban J connectivity index is 0.000000547. The van der Waals surface area contributed by atoms with Crippen molar-refractivity contribution in [1.29, 1.82) is 0 Å². The van der Waals surface area contributed by atoms with Crippen molar-refractivity contribution in [2.45, 2.75) is 26.8 Å². The molecule has 0 aliphatic rings. The highest BCUT2D eigenvalue weighted by Gasteiger charge is 2.18. The van der Waals surface area contributed by atoms with Crippen LogP contribution in [0, 0.1) is 20.8 Å². The lowest BCUT2D eigenvalue weighted by molar-refractivity contribution is -0.134. The Morgan fingerprint density at radius 3 is 2.06 bits per heavy atom. The van der Waals surface area contributed by atoms with E-state index < -0.39 is 23.4 Å². The first-order chi connectivity index (χ1) is 14.9. The Bertz CT molecular complexity index is 1030. The van der Waals surface area contributed by atoms with Crippen LogP contribution in [0.3, 0.4) is 0 Å². The van der Waals surface area contributed by atoms with Gasteiger partial charge in [0, 0.05) is 24.4 Å². The number of likely N-dealkylation sites (N-methyl/N-ethyl adjacent to an activating group) is 1. The third kappa shape index (κ3) is 8.52. The molecule has 1 atom stereocenters. The number of hydrogen-bond donors (Lipinski definition) is 4. The highest BCUT2D eigenvalue weighted by molar-refractivity contribution is 5.92. The topological polar surface area (TPSA) is 153 Å². The van der Waals surface area contributed by atoms with Gasteiger partial charge in [-0.15, -0.1) is 0 Å². The number of aromatic nitrogens is 2. The molecule has 0 saturated carbocycles. The van der Waals surface area contributed by atoms with Crippen molar-refractivity contribution >= 4 is 17.8 Å². The fraction of sp³-hybridized carbons (Fsp3) is 0.318. The zero-order chi connectivity index (χ0) is 24.4. The van der Waals surface area contributed by atoms with Crippen LogP contribution in [0.5, 0.6) is 0 Å². The third-order valence-corrected chi connectivity index (χ3v) is 4.46. The molecule has 1 heterocycles. The number of rotatable bonds is 7. The standard InChI is InChI=1S/C18H24N4O2.C4H4O4/c1-11-6-8-14(9-7-11)15(22(4)5)10-19-17(23)16-18(24)21-13(3)12(2)20-16;5-3(6)1-2-4(7)8/h6-9,15H,10H2,1-5H3,(H,19,23)(H,21,24);1-2H,(H,5,6)(H,7,8). The predicted molar refractivity (Wildman–Crippen MR) is 119 cm³/mol. The number of aryl methyl sites for hydroxylation is 3. The maximum absolute atomic E-state index is 12.3. The van der Waals surface area contributed by atoms with Crippen LogP contribution in [0.25, 0.3) is 0 Å². The number of hydrogen-bond acceptors (Lipinski definition) is 6. The van der Waals surface area contributed by atoms with Gasteiger partial charge in [0.05, 0.1) is 11.7 Å². The van der Waals surface area contributed by atoms with Crippen molar-refractivity contribution in [3.63, 3.8) is 0 Å². The van der Waals surface area contributed by atoms with Gasteiger partial charge in [-0.05, 0) is 40.4 Å². The van der Waals surface area contributed by atoms with Crippen LogP contribution in [0.1, 0.15) is 39.0 Å². The lowest BCUT2D eigenvalue weighted by Crippen LogP contribution is -2.37. The molecule has 10 nitrogen and oxygen atoms in total. The minimum atomic E-state index is -1.26. The number of aliphatic carboxylic acids is 2. The predicted octanol–water partition coefficient (Wildman–Crippen LogP) is 1.44. The fourth-order valence-corrected chi connectivity index (χ4v) is 2.58. The van der Waals surface area contributed by atoms with E-state index in [4.69, 9.17) is 10.2 Å². The molecule has 0 bridgehead atoms. The van der Waals surface area contributed by atoms with E-state index in [2.05, 4.69) is 15.3 Å². The SMILES string of the molecule is Cc1ccc(C(CNC(=O)c2nc(C)c(C)[nH]c2=O)N(C)C)cc1.O=C(O)C=CC(=O)O. The van der Waals surface area contributed by atoms with Crippen molar-refractivity contribution in [1.82, 2.24) is 20.2 Å². The van der Waals surface area contributed by atoms with Crippen LogP contribution in [0.15, 0.2) is 41.2 Å². The number of carbonyl (C=O) groups excluding carboxylic acids is 1. The average molecular weight is 444 g/mol. The second-order valence-corrected chi connectivity index (χ2v) is 7.23. The molecular formula is C22H28N4O6. The third-order valence-electron chi connectivity index (χ3n) is 4.46. The summed E-state index contributed by atoms with van der Waals surface area (Å²) < 4.78 is 0. The number of H-pyrrole nitrogens is 1. The summed E-state index contributed by atoms with van der Waals surface area (Å²) in [5.41, 5.74) is 3.04. The van der Waals surface area contributed by atoms with Crippen molar-refractivity contribution < 1.29 is 24.6 Å². The Hall–Kier alpha value is -3.79. The summed E-state index contributed by atoms with van der Waals surface area (Å²) in [4.78, 5) is 52.2. The minimum Gasteiger partial charge on any atom is -0.478 e. The van der Waals surface area contributed by atoms with Gasteiger partial charge in [-0.25, -0.2) is 14.6 Å². The van der Waals surface area contributed by atoms with Crippen molar-refractivity contribution in [3.05, 3.63) is 75.0 Å². The molecule has 1 amide bonds. The normalized spacial score (nSPS) is 11.6. The van der Waals surface area contributed by atoms with Crippen molar-refractivity contribution in [2.24, 2.45) is 0 Å². The van der Waals surface area contributed by atoms with Crippen molar-refractivity contribution in [3.8, 4) is 0 Å². The average Bonchev–Trinajstić information content (AvgIpc) is 2.70. The molecule has 32 heavy (non-hydrogen) atoms. The Morgan fingerprint density at radius 1 is 1.06 bits per heavy atom. The van der Waals surface area contributed by atoms with Gasteiger partial charge in [-0.1, -0.05) is 29.8 Å². The van der Waals surface area contributed by atoms with Gasteiger partial charge in [-0.2, -0.15) is 0 Å². The summed E-state index contributed by atoms with van der Waals surface area (Å²) in [6, 6.07) is 8.20. The molecular weight excluding hydrogens is 416 g/mol. The molecule has 0 fully saturated rings. The minimum absolute atomic E-state index is 0.0141. The second kappa shape index (κ2) is 12.2. The molecule has 0 saturated heterocycles. The molecule has 1 unspecified atom stereocenters. The molecule has 1 aromatic heterocycles. The summed E-state index contributed by atoms with van der Waals surface area (Å²) in [5, 5.41) is 18.4. The molecule has 0 aliphatic carbocycles. The number of amides is 1. The highest BCUT2D eigenvalue weighted by atomic mass is 16.4. The Kier molecular flexibility index (Phi) is 9.97. The molecule has 2 rings (SSSR count). The first kappa shape index (κ1) is 26.2. The number of carboxylic acids is 2. The van der Waals surface area contributed by atoms with E-state index in [1.54, 1.807) is 13.8 Å². The first-order valence-electron chi connectivity index (χ1n) is 9.65. The van der Waals surface area contributed by atoms with E-state index in [9.17, 15) is 19.2 Å². The van der Waals surface area contributed by atoms with Crippen LogP contribution in [-0.4, -0.2) is 63.6 Å². The molecule has 0 spiro atoms. The van der Waals surface area contributed by atoms with Gasteiger partial charge in [0.2, 0.25) is 0 Å². The van der Waals surface area contributed by atoms with E-state index in [1.807, 2.05) is 50.2 Å². The summed E-state index contributed by atoms with van der Waals surface area (Å²) in [7, 11) is 3.91. The van der Waals surface area contributed by atoms with Gasteiger partial charge in [0.25, 0.3) is 11.5 Å². The number of nitrogens with zero attached hydrogens (tertiary/aromatic N) is 2. The number of carboxylic acid groups (broad SMARTS) is 2. The van der Waals surface area contributed by atoms with Crippen LogP contribution >= 0.6 is 0 Å². The van der Waals surface area contributed by atoms with Crippen molar-refractivity contribution in [2.75, 3.05) is 20.6 Å². The van der Waals surface area contributed by atoms with Gasteiger partial charge in [0.15, 0.2) is 5.69 Å². The summed E-state index contributed by atoms with van der Waals surface area (Å²) in [6.45, 7) is 5.94. The monoisotopic (exact) mass is 444 g/mol. The maximum Gasteiger partial charge on any atom is 0.328 e. The lowest BCUT2D eigenvalue weighted by atomic mass is 10.0. The van der Waals surface area contributed by atoms with E-state index >= 15 is 0 Å². The number of carbonyl (C=O) groups is 3. The smallest absolute Gasteiger partial charge is 0.328 e. The molecule has 10 heteroatoms.